The lowest BCUT2D eigenvalue weighted by atomic mass is 10.1. The number of aliphatic carboxylic acids is 1. The molecule has 2 heterocycles. The lowest BCUT2D eigenvalue weighted by Gasteiger charge is -2.10. The summed E-state index contributed by atoms with van der Waals surface area (Å²) in [4.78, 5) is 26.8. The minimum absolute atomic E-state index is 0.0874. The van der Waals surface area contributed by atoms with Crippen LogP contribution in [0.5, 0.6) is 5.75 Å². The van der Waals surface area contributed by atoms with Gasteiger partial charge in [0.1, 0.15) is 24.2 Å². The molecule has 8 heteroatoms. The molecule has 0 aliphatic carbocycles. The van der Waals surface area contributed by atoms with E-state index in [1.165, 1.54) is 22.5 Å². The molecule has 1 amide bonds. The standard InChI is InChI=1S/C18H18N4O4/c23-14-9-13(8-4-7-12-5-2-1-3-6-12)22-17(20-11-21-22)16(14)18(26)19-10-15(24)25/h1-3,5-6,9,11,23H,4,7-8,10H2,(H,19,26)(H,24,25). The number of pyridine rings is 1. The van der Waals surface area contributed by atoms with Gasteiger partial charge >= 0.3 is 5.97 Å². The number of aromatic hydroxyl groups is 1. The van der Waals surface area contributed by atoms with E-state index in [4.69, 9.17) is 5.11 Å². The Bertz CT molecular complexity index is 937. The number of carbonyl (C=O) groups is 2. The van der Waals surface area contributed by atoms with Crippen LogP contribution < -0.4 is 5.32 Å². The molecule has 3 N–H and O–H groups in total. The molecule has 0 aliphatic heterocycles. The Kier molecular flexibility index (Phi) is 5.12. The molecule has 0 atom stereocenters. The summed E-state index contributed by atoms with van der Waals surface area (Å²) in [6.07, 6.45) is 3.64. The van der Waals surface area contributed by atoms with E-state index in [9.17, 15) is 14.7 Å². The van der Waals surface area contributed by atoms with Gasteiger partial charge in [-0.3, -0.25) is 9.59 Å². The molecule has 0 radical (unpaired) electrons. The van der Waals surface area contributed by atoms with Gasteiger partial charge in [0.15, 0.2) is 5.65 Å². The molecule has 0 unspecified atom stereocenters. The van der Waals surface area contributed by atoms with Gasteiger partial charge in [-0.05, 0) is 24.8 Å². The molecule has 3 aromatic rings. The van der Waals surface area contributed by atoms with Crippen molar-refractivity contribution in [3.63, 3.8) is 0 Å². The van der Waals surface area contributed by atoms with E-state index in [0.29, 0.717) is 6.42 Å². The van der Waals surface area contributed by atoms with E-state index in [-0.39, 0.29) is 17.0 Å². The first-order valence-corrected chi connectivity index (χ1v) is 8.14. The Morgan fingerprint density at radius 2 is 1.92 bits per heavy atom. The molecule has 0 aliphatic rings. The third-order valence-corrected chi connectivity index (χ3v) is 3.97. The zero-order valence-electron chi connectivity index (χ0n) is 13.9. The number of hydrogen-bond donors (Lipinski definition) is 3. The average molecular weight is 354 g/mol. The maximum Gasteiger partial charge on any atom is 0.322 e. The number of rotatable bonds is 7. The van der Waals surface area contributed by atoms with Crippen molar-refractivity contribution in [3.05, 3.63) is 59.5 Å². The van der Waals surface area contributed by atoms with Gasteiger partial charge in [-0.2, -0.15) is 5.10 Å². The summed E-state index contributed by atoms with van der Waals surface area (Å²) < 4.78 is 1.50. The predicted molar refractivity (Wildman–Crippen MR) is 93.1 cm³/mol. The lowest BCUT2D eigenvalue weighted by molar-refractivity contribution is -0.135. The molecule has 0 saturated carbocycles. The van der Waals surface area contributed by atoms with Crippen molar-refractivity contribution in [2.75, 3.05) is 6.54 Å². The van der Waals surface area contributed by atoms with Crippen LogP contribution in [0.3, 0.4) is 0 Å². The summed E-state index contributed by atoms with van der Waals surface area (Å²) in [5, 5.41) is 25.3. The number of carboxylic acids is 1. The molecule has 26 heavy (non-hydrogen) atoms. The van der Waals surface area contributed by atoms with Crippen LogP contribution in [0.1, 0.15) is 28.0 Å². The molecule has 0 fully saturated rings. The first-order chi connectivity index (χ1) is 12.6. The van der Waals surface area contributed by atoms with E-state index in [0.717, 1.165) is 18.5 Å². The minimum Gasteiger partial charge on any atom is -0.507 e. The lowest BCUT2D eigenvalue weighted by Crippen LogP contribution is -2.29. The number of fused-ring (bicyclic) bond motifs is 1. The van der Waals surface area contributed by atoms with Crippen molar-refractivity contribution in [1.82, 2.24) is 19.9 Å². The molecular weight excluding hydrogens is 336 g/mol. The first-order valence-electron chi connectivity index (χ1n) is 8.14. The second kappa shape index (κ2) is 7.64. The highest BCUT2D eigenvalue weighted by atomic mass is 16.4. The smallest absolute Gasteiger partial charge is 0.322 e. The van der Waals surface area contributed by atoms with E-state index >= 15 is 0 Å². The fraction of sp³-hybridized carbons (Fsp3) is 0.222. The van der Waals surface area contributed by atoms with Crippen LogP contribution in [0, 0.1) is 0 Å². The Labute approximate surface area is 149 Å². The first kappa shape index (κ1) is 17.4. The van der Waals surface area contributed by atoms with Crippen molar-refractivity contribution < 1.29 is 19.8 Å². The molecular formula is C18H18N4O4. The molecule has 0 spiro atoms. The van der Waals surface area contributed by atoms with Gasteiger partial charge in [-0.1, -0.05) is 30.3 Å². The molecule has 0 saturated heterocycles. The van der Waals surface area contributed by atoms with Gasteiger partial charge in [0.2, 0.25) is 0 Å². The number of aromatic nitrogens is 3. The largest absolute Gasteiger partial charge is 0.507 e. The summed E-state index contributed by atoms with van der Waals surface area (Å²) in [5.74, 6) is -2.13. The van der Waals surface area contributed by atoms with Crippen molar-refractivity contribution in [2.24, 2.45) is 0 Å². The molecule has 0 bridgehead atoms. The van der Waals surface area contributed by atoms with Crippen molar-refractivity contribution >= 4 is 17.5 Å². The summed E-state index contributed by atoms with van der Waals surface area (Å²) in [7, 11) is 0. The van der Waals surface area contributed by atoms with Gasteiger partial charge in [-0.15, -0.1) is 0 Å². The Hall–Kier alpha value is -3.42. The molecule has 1 aromatic carbocycles. The van der Waals surface area contributed by atoms with Crippen molar-refractivity contribution in [1.29, 1.82) is 0 Å². The maximum absolute atomic E-state index is 12.2. The second-order valence-corrected chi connectivity index (χ2v) is 5.81. The monoisotopic (exact) mass is 354 g/mol. The molecule has 8 nitrogen and oxygen atoms in total. The number of nitrogens with one attached hydrogen (secondary N) is 1. The van der Waals surface area contributed by atoms with Gasteiger partial charge < -0.3 is 15.5 Å². The number of amides is 1. The summed E-state index contributed by atoms with van der Waals surface area (Å²) in [6.45, 7) is -0.544. The highest BCUT2D eigenvalue weighted by molar-refractivity contribution is 6.03. The van der Waals surface area contributed by atoms with Crippen LogP contribution in [-0.4, -0.2) is 43.2 Å². The van der Waals surface area contributed by atoms with Crippen LogP contribution in [0.4, 0.5) is 0 Å². The van der Waals surface area contributed by atoms with Crippen LogP contribution in [-0.2, 0) is 17.6 Å². The maximum atomic E-state index is 12.2. The highest BCUT2D eigenvalue weighted by Gasteiger charge is 2.20. The number of benzene rings is 1. The van der Waals surface area contributed by atoms with E-state index in [2.05, 4.69) is 27.5 Å². The normalized spacial score (nSPS) is 10.8. The van der Waals surface area contributed by atoms with Gasteiger partial charge in [-0.25, -0.2) is 9.50 Å². The fourth-order valence-corrected chi connectivity index (χ4v) is 2.79. The van der Waals surface area contributed by atoms with Crippen LogP contribution in [0.15, 0.2) is 42.7 Å². The average Bonchev–Trinajstić information content (AvgIpc) is 3.10. The summed E-state index contributed by atoms with van der Waals surface area (Å²) in [6, 6.07) is 11.5. The third kappa shape index (κ3) is 3.80. The third-order valence-electron chi connectivity index (χ3n) is 3.97. The van der Waals surface area contributed by atoms with Crippen LogP contribution >= 0.6 is 0 Å². The summed E-state index contributed by atoms with van der Waals surface area (Å²) in [5.41, 5.74) is 2.05. The predicted octanol–water partition coefficient (Wildman–Crippen LogP) is 1.42. The molecule has 3 rings (SSSR count). The van der Waals surface area contributed by atoms with E-state index in [1.54, 1.807) is 0 Å². The van der Waals surface area contributed by atoms with Crippen molar-refractivity contribution in [3.8, 4) is 5.75 Å². The van der Waals surface area contributed by atoms with E-state index in [1.807, 2.05) is 18.2 Å². The topological polar surface area (TPSA) is 117 Å². The minimum atomic E-state index is -1.17. The quantitative estimate of drug-likeness (QED) is 0.591. The number of nitrogens with zero attached hydrogens (tertiary/aromatic N) is 3. The van der Waals surface area contributed by atoms with Crippen molar-refractivity contribution in [2.45, 2.75) is 19.3 Å². The summed E-state index contributed by atoms with van der Waals surface area (Å²) >= 11 is 0. The van der Waals surface area contributed by atoms with Gasteiger partial charge in [0, 0.05) is 11.8 Å². The fourth-order valence-electron chi connectivity index (χ4n) is 2.79. The Balaban J connectivity index is 1.80. The zero-order valence-corrected chi connectivity index (χ0v) is 13.9. The van der Waals surface area contributed by atoms with E-state index < -0.39 is 18.4 Å². The molecule has 134 valence electrons. The van der Waals surface area contributed by atoms with Gasteiger partial charge in [0.05, 0.1) is 0 Å². The second-order valence-electron chi connectivity index (χ2n) is 5.81. The van der Waals surface area contributed by atoms with Crippen LogP contribution in [0.25, 0.3) is 5.65 Å². The van der Waals surface area contributed by atoms with Gasteiger partial charge in [0.25, 0.3) is 5.91 Å². The Morgan fingerprint density at radius 1 is 1.15 bits per heavy atom. The number of carbonyl (C=O) groups excluding carboxylic acids is 1. The van der Waals surface area contributed by atoms with Crippen LogP contribution in [0.2, 0.25) is 0 Å². The zero-order chi connectivity index (χ0) is 18.5. The molecule has 2 aromatic heterocycles. The highest BCUT2D eigenvalue weighted by Crippen LogP contribution is 2.24. The SMILES string of the molecule is O=C(O)CNC(=O)c1c(O)cc(CCCc2ccccc2)n2ncnc12. The Morgan fingerprint density at radius 3 is 2.65 bits per heavy atom. The number of aryl methyl sites for hydroxylation is 2. The number of carboxylic acid groups (broad SMARTS) is 1. The number of hydrogen-bond acceptors (Lipinski definition) is 5.